The number of hydrogen-bond donors (Lipinski definition) is 1. The van der Waals surface area contributed by atoms with Crippen LogP contribution in [-0.2, 0) is 11.2 Å². The van der Waals surface area contributed by atoms with Crippen LogP contribution in [0.1, 0.15) is 36.7 Å². The highest BCUT2D eigenvalue weighted by Crippen LogP contribution is 2.17. The summed E-state index contributed by atoms with van der Waals surface area (Å²) in [6, 6.07) is 5.09. The molecule has 0 spiro atoms. The number of halogens is 1. The van der Waals surface area contributed by atoms with Crippen molar-refractivity contribution >= 4 is 24.0 Å². The Labute approximate surface area is 118 Å². The largest absolute Gasteiger partial charge is 0.444 e. The first-order chi connectivity index (χ1) is 8.81. The Kier molecular flexibility index (Phi) is 5.36. The summed E-state index contributed by atoms with van der Waals surface area (Å²) < 4.78 is 5.11. The van der Waals surface area contributed by atoms with Gasteiger partial charge in [0.05, 0.1) is 0 Å². The van der Waals surface area contributed by atoms with Crippen LogP contribution in [0.25, 0.3) is 0 Å². The Morgan fingerprint density at radius 3 is 2.63 bits per heavy atom. The van der Waals surface area contributed by atoms with Crippen LogP contribution in [0.15, 0.2) is 18.2 Å². The molecule has 0 heterocycles. The van der Waals surface area contributed by atoms with E-state index in [1.807, 2.05) is 20.8 Å². The molecule has 1 N–H and O–H groups in total. The van der Waals surface area contributed by atoms with Crippen LogP contribution in [0.4, 0.5) is 4.79 Å². The fraction of sp³-hybridized carbons (Fsp3) is 0.429. The minimum atomic E-state index is -0.507. The highest BCUT2D eigenvalue weighted by atomic mass is 35.5. The summed E-state index contributed by atoms with van der Waals surface area (Å²) in [4.78, 5) is 22.0. The van der Waals surface area contributed by atoms with Crippen molar-refractivity contribution in [3.63, 3.8) is 0 Å². The number of carbonyl (C=O) groups is 2. The van der Waals surface area contributed by atoms with Crippen molar-refractivity contribution < 1.29 is 14.3 Å². The molecular weight excluding hydrogens is 266 g/mol. The molecule has 4 nitrogen and oxygen atoms in total. The zero-order valence-corrected chi connectivity index (χ0v) is 12.1. The Morgan fingerprint density at radius 2 is 2.11 bits per heavy atom. The highest BCUT2D eigenvalue weighted by molar-refractivity contribution is 6.31. The van der Waals surface area contributed by atoms with E-state index < -0.39 is 11.7 Å². The molecule has 0 aromatic heterocycles. The quantitative estimate of drug-likeness (QED) is 0.863. The van der Waals surface area contributed by atoms with Gasteiger partial charge in [-0.05, 0) is 38.8 Å². The predicted octanol–water partition coefficient (Wildman–Crippen LogP) is 3.22. The molecule has 5 heteroatoms. The molecule has 0 fully saturated rings. The number of aldehydes is 1. The van der Waals surface area contributed by atoms with Gasteiger partial charge in [-0.2, -0.15) is 0 Å². The number of carbonyl (C=O) groups excluding carboxylic acids is 2. The van der Waals surface area contributed by atoms with E-state index in [1.165, 1.54) is 0 Å². The van der Waals surface area contributed by atoms with Crippen molar-refractivity contribution in [1.82, 2.24) is 5.32 Å². The normalized spacial score (nSPS) is 10.9. The van der Waals surface area contributed by atoms with Crippen LogP contribution in [-0.4, -0.2) is 24.5 Å². The maximum atomic E-state index is 11.4. The van der Waals surface area contributed by atoms with Gasteiger partial charge in [-0.25, -0.2) is 4.79 Å². The van der Waals surface area contributed by atoms with Gasteiger partial charge in [-0.1, -0.05) is 23.7 Å². The first-order valence-corrected chi connectivity index (χ1v) is 6.40. The van der Waals surface area contributed by atoms with Crippen molar-refractivity contribution in [2.45, 2.75) is 32.8 Å². The summed E-state index contributed by atoms with van der Waals surface area (Å²) in [5.74, 6) is 0. The van der Waals surface area contributed by atoms with Crippen molar-refractivity contribution in [1.29, 1.82) is 0 Å². The van der Waals surface area contributed by atoms with E-state index in [9.17, 15) is 9.59 Å². The number of nitrogens with one attached hydrogen (secondary N) is 1. The molecule has 0 atom stereocenters. The highest BCUT2D eigenvalue weighted by Gasteiger charge is 2.15. The molecule has 0 saturated carbocycles. The molecule has 19 heavy (non-hydrogen) atoms. The Hall–Kier alpha value is -1.55. The number of benzene rings is 1. The lowest BCUT2D eigenvalue weighted by atomic mass is 10.1. The summed E-state index contributed by atoms with van der Waals surface area (Å²) in [6.07, 6.45) is 0.874. The third kappa shape index (κ3) is 5.75. The second kappa shape index (κ2) is 6.57. The number of hydrogen-bond acceptors (Lipinski definition) is 3. The van der Waals surface area contributed by atoms with E-state index in [0.717, 1.165) is 11.8 Å². The molecule has 0 bridgehead atoms. The molecule has 1 aromatic rings. The molecule has 0 aliphatic heterocycles. The number of alkyl carbamates (subject to hydrolysis) is 1. The second-order valence-electron chi connectivity index (χ2n) is 5.15. The van der Waals surface area contributed by atoms with Gasteiger partial charge in [0, 0.05) is 17.1 Å². The molecule has 0 radical (unpaired) electrons. The van der Waals surface area contributed by atoms with Crippen molar-refractivity contribution in [2.24, 2.45) is 0 Å². The van der Waals surface area contributed by atoms with Crippen LogP contribution in [0.3, 0.4) is 0 Å². The molecular formula is C14H18ClNO3. The molecule has 1 aromatic carbocycles. The standard InChI is InChI=1S/C14H18ClNO3/c1-14(2,3)19-13(18)16-7-6-11-5-4-10(9-17)8-12(11)15/h4-5,8-9H,6-7H2,1-3H3,(H,16,18). The van der Waals surface area contributed by atoms with E-state index >= 15 is 0 Å². The summed E-state index contributed by atoms with van der Waals surface area (Å²) in [5, 5.41) is 3.18. The third-order valence-corrected chi connectivity index (χ3v) is 2.63. The average Bonchev–Trinajstić information content (AvgIpc) is 2.28. The van der Waals surface area contributed by atoms with Crippen LogP contribution in [0.2, 0.25) is 5.02 Å². The first kappa shape index (κ1) is 15.5. The zero-order chi connectivity index (χ0) is 14.5. The molecule has 0 aliphatic rings. The molecule has 1 amide bonds. The van der Waals surface area contributed by atoms with Gasteiger partial charge >= 0.3 is 6.09 Å². The lowest BCUT2D eigenvalue weighted by Gasteiger charge is -2.19. The molecule has 104 valence electrons. The van der Waals surface area contributed by atoms with Crippen LogP contribution < -0.4 is 5.32 Å². The fourth-order valence-electron chi connectivity index (χ4n) is 1.45. The van der Waals surface area contributed by atoms with Gasteiger partial charge < -0.3 is 10.1 Å². The van der Waals surface area contributed by atoms with Gasteiger partial charge in [-0.15, -0.1) is 0 Å². The smallest absolute Gasteiger partial charge is 0.407 e. The van der Waals surface area contributed by atoms with Crippen molar-refractivity contribution in [2.75, 3.05) is 6.54 Å². The lowest BCUT2D eigenvalue weighted by Crippen LogP contribution is -2.33. The predicted molar refractivity (Wildman–Crippen MR) is 74.8 cm³/mol. The van der Waals surface area contributed by atoms with Crippen LogP contribution in [0.5, 0.6) is 0 Å². The molecule has 0 saturated heterocycles. The third-order valence-electron chi connectivity index (χ3n) is 2.28. The van der Waals surface area contributed by atoms with Crippen LogP contribution in [0, 0.1) is 0 Å². The van der Waals surface area contributed by atoms with E-state index in [0.29, 0.717) is 23.6 Å². The number of amides is 1. The summed E-state index contributed by atoms with van der Waals surface area (Å²) in [6.45, 7) is 5.85. The number of rotatable bonds is 4. The Balaban J connectivity index is 2.45. The summed E-state index contributed by atoms with van der Waals surface area (Å²) >= 11 is 6.03. The van der Waals surface area contributed by atoms with Crippen LogP contribution >= 0.6 is 11.6 Å². The monoisotopic (exact) mass is 283 g/mol. The minimum Gasteiger partial charge on any atom is -0.444 e. The van der Waals surface area contributed by atoms with E-state index in [2.05, 4.69) is 5.32 Å². The van der Waals surface area contributed by atoms with Crippen molar-refractivity contribution in [3.8, 4) is 0 Å². The molecule has 0 aliphatic carbocycles. The van der Waals surface area contributed by atoms with E-state index in [4.69, 9.17) is 16.3 Å². The summed E-state index contributed by atoms with van der Waals surface area (Å²) in [7, 11) is 0. The van der Waals surface area contributed by atoms with Gasteiger partial charge in [-0.3, -0.25) is 4.79 Å². The SMILES string of the molecule is CC(C)(C)OC(=O)NCCc1ccc(C=O)cc1Cl. The summed E-state index contributed by atoms with van der Waals surface area (Å²) in [5.41, 5.74) is 0.907. The van der Waals surface area contributed by atoms with E-state index in [1.54, 1.807) is 18.2 Å². The number of ether oxygens (including phenoxy) is 1. The van der Waals surface area contributed by atoms with Crippen molar-refractivity contribution in [3.05, 3.63) is 34.3 Å². The topological polar surface area (TPSA) is 55.4 Å². The first-order valence-electron chi connectivity index (χ1n) is 6.02. The maximum absolute atomic E-state index is 11.4. The van der Waals surface area contributed by atoms with E-state index in [-0.39, 0.29) is 0 Å². The van der Waals surface area contributed by atoms with Gasteiger partial charge in [0.25, 0.3) is 0 Å². The Bertz CT molecular complexity index is 466. The minimum absolute atomic E-state index is 0.426. The molecule has 0 unspecified atom stereocenters. The average molecular weight is 284 g/mol. The Morgan fingerprint density at radius 1 is 1.42 bits per heavy atom. The zero-order valence-electron chi connectivity index (χ0n) is 11.3. The lowest BCUT2D eigenvalue weighted by molar-refractivity contribution is 0.0528. The van der Waals surface area contributed by atoms with Gasteiger partial charge in [0.1, 0.15) is 11.9 Å². The molecule has 1 rings (SSSR count). The fourth-order valence-corrected chi connectivity index (χ4v) is 1.74. The van der Waals surface area contributed by atoms with Gasteiger partial charge in [0.2, 0.25) is 0 Å². The van der Waals surface area contributed by atoms with Gasteiger partial charge in [0.15, 0.2) is 0 Å². The second-order valence-corrected chi connectivity index (χ2v) is 5.55. The maximum Gasteiger partial charge on any atom is 0.407 e.